The second-order valence-electron chi connectivity index (χ2n) is 5.73. The van der Waals surface area contributed by atoms with Gasteiger partial charge in [-0.2, -0.15) is 5.10 Å². The molecule has 1 aromatic carbocycles. The summed E-state index contributed by atoms with van der Waals surface area (Å²) < 4.78 is 31.9. The molecule has 27 heavy (non-hydrogen) atoms. The Labute approximate surface area is 156 Å². The smallest absolute Gasteiger partial charge is 0.240 e. The van der Waals surface area contributed by atoms with Gasteiger partial charge in [-0.1, -0.05) is 6.07 Å². The average Bonchev–Trinajstić information content (AvgIpc) is 3.06. The van der Waals surface area contributed by atoms with Crippen molar-refractivity contribution in [2.75, 3.05) is 44.9 Å². The molecule has 2 aliphatic heterocycles. The van der Waals surface area contributed by atoms with Crippen LogP contribution in [-0.4, -0.2) is 75.3 Å². The number of hydrazone groups is 1. The van der Waals surface area contributed by atoms with Crippen molar-refractivity contribution >= 4 is 33.1 Å². The van der Waals surface area contributed by atoms with E-state index in [4.69, 9.17) is 15.6 Å². The summed E-state index contributed by atoms with van der Waals surface area (Å²) in [5.74, 6) is 0.731. The van der Waals surface area contributed by atoms with Gasteiger partial charge in [0.05, 0.1) is 30.4 Å². The summed E-state index contributed by atoms with van der Waals surface area (Å²) in [5, 5.41) is 21.0. The zero-order valence-corrected chi connectivity index (χ0v) is 15.3. The Kier molecular flexibility index (Phi) is 6.01. The molecule has 0 aliphatic carbocycles. The third kappa shape index (κ3) is 4.60. The van der Waals surface area contributed by atoms with Crippen molar-refractivity contribution in [3.63, 3.8) is 0 Å². The Morgan fingerprint density at radius 3 is 2.81 bits per heavy atom. The third-order valence-electron chi connectivity index (χ3n) is 3.86. The first-order valence-corrected chi connectivity index (χ1v) is 9.78. The van der Waals surface area contributed by atoms with Crippen molar-refractivity contribution in [3.05, 3.63) is 24.3 Å². The van der Waals surface area contributed by atoms with Crippen molar-refractivity contribution in [2.24, 2.45) is 21.0 Å². The molecule has 2 aliphatic rings. The lowest BCUT2D eigenvalue weighted by Crippen LogP contribution is -2.46. The van der Waals surface area contributed by atoms with Gasteiger partial charge >= 0.3 is 0 Å². The van der Waals surface area contributed by atoms with Crippen LogP contribution < -0.4 is 15.9 Å². The Morgan fingerprint density at radius 1 is 1.30 bits per heavy atom. The number of nitrogens with two attached hydrogens (primary N) is 1. The number of aliphatic hydroxyl groups excluding tert-OH is 1. The summed E-state index contributed by atoms with van der Waals surface area (Å²) in [5.41, 5.74) is 9.52. The molecule has 0 saturated carbocycles. The van der Waals surface area contributed by atoms with Crippen LogP contribution in [-0.2, 0) is 14.8 Å². The van der Waals surface area contributed by atoms with Gasteiger partial charge in [0, 0.05) is 19.6 Å². The highest BCUT2D eigenvalue weighted by molar-refractivity contribution is 7.89. The Hall–Kier alpha value is -2.54. The van der Waals surface area contributed by atoms with E-state index >= 15 is 0 Å². The highest BCUT2D eigenvalue weighted by atomic mass is 32.2. The molecule has 0 radical (unpaired) electrons. The van der Waals surface area contributed by atoms with E-state index in [0.29, 0.717) is 43.5 Å². The number of amidine groups is 2. The van der Waals surface area contributed by atoms with Gasteiger partial charge in [0.15, 0.2) is 17.4 Å². The topological polar surface area (TPSA) is 154 Å². The zero-order chi connectivity index (χ0) is 19.3. The number of anilines is 1. The number of hydrogen-bond acceptors (Lipinski definition) is 10. The number of nitrogens with one attached hydrogen (secondary N) is 2. The number of benzene rings is 1. The first kappa shape index (κ1) is 19.2. The van der Waals surface area contributed by atoms with Crippen molar-refractivity contribution < 1.29 is 18.3 Å². The summed E-state index contributed by atoms with van der Waals surface area (Å²) in [4.78, 5) is 2.03. The average molecular weight is 395 g/mol. The highest BCUT2D eigenvalue weighted by Gasteiger charge is 2.27. The minimum absolute atomic E-state index is 0.0521. The van der Waals surface area contributed by atoms with Crippen LogP contribution in [0.2, 0.25) is 0 Å². The molecule has 0 aromatic heterocycles. The lowest BCUT2D eigenvalue weighted by atomic mass is 10.2. The fourth-order valence-electron chi connectivity index (χ4n) is 2.52. The van der Waals surface area contributed by atoms with Crippen LogP contribution in [0.4, 0.5) is 5.69 Å². The maximum absolute atomic E-state index is 12.2. The fraction of sp³-hybridized carbons (Fsp3) is 0.400. The maximum Gasteiger partial charge on any atom is 0.240 e. The summed E-state index contributed by atoms with van der Waals surface area (Å²) in [6.45, 7) is 2.14. The van der Waals surface area contributed by atoms with Gasteiger partial charge in [-0.25, -0.2) is 13.1 Å². The summed E-state index contributed by atoms with van der Waals surface area (Å²) in [7, 11) is -3.71. The first-order chi connectivity index (χ1) is 13.0. The van der Waals surface area contributed by atoms with Crippen molar-refractivity contribution in [1.82, 2.24) is 9.62 Å². The number of morpholine rings is 1. The molecule has 3 rings (SSSR count). The van der Waals surface area contributed by atoms with Gasteiger partial charge in [-0.05, 0) is 18.2 Å². The maximum atomic E-state index is 12.2. The summed E-state index contributed by atoms with van der Waals surface area (Å²) >= 11 is 0. The molecule has 0 unspecified atom stereocenters. The molecule has 146 valence electrons. The van der Waals surface area contributed by atoms with Crippen molar-refractivity contribution in [2.45, 2.75) is 4.90 Å². The fourth-order valence-corrected chi connectivity index (χ4v) is 3.59. The first-order valence-electron chi connectivity index (χ1n) is 8.30. The molecule has 11 nitrogen and oxygen atoms in total. The quantitative estimate of drug-likeness (QED) is 0.438. The predicted molar refractivity (Wildman–Crippen MR) is 101 cm³/mol. The van der Waals surface area contributed by atoms with E-state index in [1.807, 2.05) is 4.90 Å². The monoisotopic (exact) mass is 395 g/mol. The molecular formula is C15H21N7O4S. The van der Waals surface area contributed by atoms with Crippen LogP contribution in [0.3, 0.4) is 0 Å². The normalized spacial score (nSPS) is 19.1. The largest absolute Gasteiger partial charge is 0.395 e. The summed E-state index contributed by atoms with van der Waals surface area (Å²) in [6.07, 6.45) is 0. The molecule has 1 aromatic rings. The molecular weight excluding hydrogens is 374 g/mol. The Bertz CT molecular complexity index is 876. The molecule has 0 spiro atoms. The van der Waals surface area contributed by atoms with E-state index in [2.05, 4.69) is 25.5 Å². The van der Waals surface area contributed by atoms with Crippen LogP contribution in [0.25, 0.3) is 0 Å². The lowest BCUT2D eigenvalue weighted by molar-refractivity contribution is 0.0689. The Balaban J connectivity index is 1.76. The Morgan fingerprint density at radius 2 is 2.07 bits per heavy atom. The van der Waals surface area contributed by atoms with Crippen LogP contribution in [0.5, 0.6) is 0 Å². The van der Waals surface area contributed by atoms with Gasteiger partial charge in [0.2, 0.25) is 10.0 Å². The van der Waals surface area contributed by atoms with Crippen LogP contribution >= 0.6 is 0 Å². The van der Waals surface area contributed by atoms with E-state index in [1.54, 1.807) is 12.1 Å². The van der Waals surface area contributed by atoms with Gasteiger partial charge < -0.3 is 20.5 Å². The number of rotatable bonds is 6. The van der Waals surface area contributed by atoms with Gasteiger partial charge in [-0.3, -0.25) is 5.43 Å². The number of ether oxygens (including phenoxy) is 1. The van der Waals surface area contributed by atoms with Gasteiger partial charge in [0.25, 0.3) is 0 Å². The molecule has 0 amide bonds. The minimum Gasteiger partial charge on any atom is -0.395 e. The zero-order valence-electron chi connectivity index (χ0n) is 14.5. The molecule has 2 heterocycles. The number of nitrogens with zero attached hydrogens (tertiary/aromatic N) is 4. The molecule has 0 bridgehead atoms. The minimum atomic E-state index is -3.71. The standard InChI is InChI=1S/C15H21N7O4S/c16-14-13(15(21-20-14)22-5-8-26-9-6-22)19-18-11-2-1-3-12(10-11)27(24,25)17-4-7-23/h1-3,10,17-18,23H,4-9H2,(H2,16,19,20). The van der Waals surface area contributed by atoms with Crippen molar-refractivity contribution in [3.8, 4) is 0 Å². The summed E-state index contributed by atoms with van der Waals surface area (Å²) in [6, 6.07) is 6.13. The second kappa shape index (κ2) is 8.43. The van der Waals surface area contributed by atoms with E-state index in [0.717, 1.165) is 0 Å². The van der Waals surface area contributed by atoms with E-state index in [9.17, 15) is 8.42 Å². The van der Waals surface area contributed by atoms with Crippen LogP contribution in [0.15, 0.2) is 44.5 Å². The third-order valence-corrected chi connectivity index (χ3v) is 5.32. The van der Waals surface area contributed by atoms with Crippen LogP contribution in [0, 0.1) is 0 Å². The predicted octanol–water partition coefficient (Wildman–Crippen LogP) is -1.26. The van der Waals surface area contributed by atoms with E-state index in [-0.39, 0.29) is 23.9 Å². The SMILES string of the molecule is NC1=NN=C(N2CCOCC2)/C1=N\Nc1cccc(S(=O)(=O)NCCO)c1. The van der Waals surface area contributed by atoms with Gasteiger partial charge in [-0.15, -0.1) is 10.2 Å². The molecule has 12 heteroatoms. The molecule has 5 N–H and O–H groups in total. The highest BCUT2D eigenvalue weighted by Crippen LogP contribution is 2.16. The van der Waals surface area contributed by atoms with E-state index < -0.39 is 10.0 Å². The van der Waals surface area contributed by atoms with E-state index in [1.165, 1.54) is 12.1 Å². The number of hydrogen-bond donors (Lipinski definition) is 4. The number of aliphatic hydroxyl groups is 1. The van der Waals surface area contributed by atoms with Gasteiger partial charge in [0.1, 0.15) is 0 Å². The lowest BCUT2D eigenvalue weighted by Gasteiger charge is -2.28. The van der Waals surface area contributed by atoms with Crippen LogP contribution in [0.1, 0.15) is 0 Å². The van der Waals surface area contributed by atoms with Crippen molar-refractivity contribution in [1.29, 1.82) is 0 Å². The molecule has 1 saturated heterocycles. The second-order valence-corrected chi connectivity index (χ2v) is 7.50. The molecule has 1 fully saturated rings. The molecule has 0 atom stereocenters. The number of sulfonamides is 1.